The normalized spacial score (nSPS) is 12.2. The summed E-state index contributed by atoms with van der Waals surface area (Å²) in [6.07, 6.45) is 0. The van der Waals surface area contributed by atoms with E-state index in [1.165, 1.54) is 0 Å². The summed E-state index contributed by atoms with van der Waals surface area (Å²) in [5.41, 5.74) is 3.08. The maximum atomic E-state index is 12.5. The van der Waals surface area contributed by atoms with Gasteiger partial charge >= 0.3 is 0 Å². The van der Waals surface area contributed by atoms with E-state index in [0.717, 1.165) is 21.9 Å². The minimum Gasteiger partial charge on any atom is -0.495 e. The molecular weight excluding hydrogens is 388 g/mol. The zero-order chi connectivity index (χ0) is 20.4. The van der Waals surface area contributed by atoms with E-state index in [1.54, 1.807) is 13.2 Å². The van der Waals surface area contributed by atoms with Crippen LogP contribution < -0.4 is 15.4 Å². The molecule has 0 aliphatic rings. The van der Waals surface area contributed by atoms with E-state index in [-0.39, 0.29) is 18.5 Å². The largest absolute Gasteiger partial charge is 0.495 e. The Balaban J connectivity index is 1.50. The molecule has 0 spiro atoms. The Bertz CT molecular complexity index is 1190. The third kappa shape index (κ3) is 4.06. The summed E-state index contributed by atoms with van der Waals surface area (Å²) in [5.74, 6) is 0.410. The van der Waals surface area contributed by atoms with E-state index in [9.17, 15) is 4.79 Å². The lowest BCUT2D eigenvalue weighted by Gasteiger charge is -2.15. The van der Waals surface area contributed by atoms with Crippen molar-refractivity contribution in [2.45, 2.75) is 13.0 Å². The van der Waals surface area contributed by atoms with Crippen molar-refractivity contribution >= 4 is 45.1 Å². The highest BCUT2D eigenvalue weighted by Crippen LogP contribution is 2.36. The van der Waals surface area contributed by atoms with Crippen LogP contribution in [0.1, 0.15) is 18.5 Å². The maximum Gasteiger partial charge on any atom is 0.238 e. The molecule has 29 heavy (non-hydrogen) atoms. The van der Waals surface area contributed by atoms with Crippen molar-refractivity contribution in [3.05, 3.63) is 71.2 Å². The molecule has 0 saturated heterocycles. The van der Waals surface area contributed by atoms with Crippen molar-refractivity contribution in [2.75, 3.05) is 19.0 Å². The molecule has 1 atom stereocenters. The van der Waals surface area contributed by atoms with Gasteiger partial charge in [-0.05, 0) is 36.8 Å². The molecule has 2 N–H and O–H groups in total. The molecule has 4 aromatic rings. The number of ether oxygens (including phenoxy) is 1. The summed E-state index contributed by atoms with van der Waals surface area (Å²) < 4.78 is 11.4. The second-order valence-electron chi connectivity index (χ2n) is 6.85. The van der Waals surface area contributed by atoms with Gasteiger partial charge in [0, 0.05) is 27.9 Å². The maximum absolute atomic E-state index is 12.5. The second-order valence-corrected chi connectivity index (χ2v) is 7.29. The summed E-state index contributed by atoms with van der Waals surface area (Å²) in [7, 11) is 1.58. The molecule has 0 unspecified atom stereocenters. The lowest BCUT2D eigenvalue weighted by Crippen LogP contribution is -2.30. The fourth-order valence-electron chi connectivity index (χ4n) is 3.35. The Labute approximate surface area is 173 Å². The number of methoxy groups -OCH3 is 1. The zero-order valence-corrected chi connectivity index (χ0v) is 16.9. The van der Waals surface area contributed by atoms with Gasteiger partial charge in [-0.25, -0.2) is 0 Å². The Morgan fingerprint density at radius 2 is 1.90 bits per heavy atom. The van der Waals surface area contributed by atoms with Gasteiger partial charge in [0.15, 0.2) is 0 Å². The Hall–Kier alpha value is -3.02. The number of furan rings is 1. The smallest absolute Gasteiger partial charge is 0.238 e. The van der Waals surface area contributed by atoms with Crippen LogP contribution in [0.4, 0.5) is 5.69 Å². The van der Waals surface area contributed by atoms with E-state index in [0.29, 0.717) is 22.0 Å². The van der Waals surface area contributed by atoms with E-state index in [1.807, 2.05) is 61.5 Å². The number of carbonyl (C=O) groups excluding carboxylic acids is 1. The minimum absolute atomic E-state index is 0.0146. The number of nitrogens with one attached hydrogen (secondary N) is 2. The van der Waals surface area contributed by atoms with E-state index in [2.05, 4.69) is 10.6 Å². The van der Waals surface area contributed by atoms with Crippen LogP contribution in [0.25, 0.3) is 21.9 Å². The first-order valence-corrected chi connectivity index (χ1v) is 9.71. The highest BCUT2D eigenvalue weighted by molar-refractivity contribution is 6.30. The van der Waals surface area contributed by atoms with Crippen molar-refractivity contribution in [1.29, 1.82) is 0 Å². The van der Waals surface area contributed by atoms with Gasteiger partial charge in [-0.2, -0.15) is 0 Å². The molecule has 6 heteroatoms. The number of anilines is 1. The SMILES string of the molecule is COc1cc2c(cc1NC(=O)CN[C@H](C)c1cccc(Cl)c1)oc1ccccc12. The average molecular weight is 409 g/mol. The number of fused-ring (bicyclic) bond motifs is 3. The first-order chi connectivity index (χ1) is 14.0. The van der Waals surface area contributed by atoms with Crippen LogP contribution >= 0.6 is 11.6 Å². The number of halogens is 1. The number of benzene rings is 3. The van der Waals surface area contributed by atoms with Gasteiger partial charge in [0.05, 0.1) is 19.3 Å². The van der Waals surface area contributed by atoms with Gasteiger partial charge in [-0.15, -0.1) is 0 Å². The van der Waals surface area contributed by atoms with Gasteiger partial charge in [0.1, 0.15) is 16.9 Å². The highest BCUT2D eigenvalue weighted by Gasteiger charge is 2.15. The van der Waals surface area contributed by atoms with Crippen LogP contribution in [0.15, 0.2) is 65.1 Å². The minimum atomic E-state index is -0.173. The molecule has 5 nitrogen and oxygen atoms in total. The molecule has 0 aliphatic carbocycles. The number of carbonyl (C=O) groups is 1. The molecule has 3 aromatic carbocycles. The summed E-state index contributed by atoms with van der Waals surface area (Å²) >= 11 is 6.04. The molecule has 0 aliphatic heterocycles. The van der Waals surface area contributed by atoms with Gasteiger partial charge in [-0.3, -0.25) is 4.79 Å². The Morgan fingerprint density at radius 3 is 2.69 bits per heavy atom. The molecule has 1 heterocycles. The Kier molecular flexibility index (Phi) is 5.43. The molecular formula is C23H21ClN2O3. The van der Waals surface area contributed by atoms with Gasteiger partial charge in [0.25, 0.3) is 0 Å². The summed E-state index contributed by atoms with van der Waals surface area (Å²) in [5, 5.41) is 8.74. The highest BCUT2D eigenvalue weighted by atomic mass is 35.5. The van der Waals surface area contributed by atoms with Gasteiger partial charge < -0.3 is 19.8 Å². The Morgan fingerprint density at radius 1 is 1.07 bits per heavy atom. The molecule has 0 bridgehead atoms. The molecule has 1 amide bonds. The van der Waals surface area contributed by atoms with Crippen LogP contribution in [0.3, 0.4) is 0 Å². The fourth-order valence-corrected chi connectivity index (χ4v) is 3.55. The number of hydrogen-bond acceptors (Lipinski definition) is 4. The van der Waals surface area contributed by atoms with Crippen molar-refractivity contribution in [3.63, 3.8) is 0 Å². The van der Waals surface area contributed by atoms with Crippen molar-refractivity contribution in [3.8, 4) is 5.75 Å². The molecule has 0 fully saturated rings. The molecule has 148 valence electrons. The van der Waals surface area contributed by atoms with E-state index in [4.69, 9.17) is 20.8 Å². The van der Waals surface area contributed by atoms with Crippen LogP contribution in [-0.2, 0) is 4.79 Å². The summed E-state index contributed by atoms with van der Waals surface area (Å²) in [4.78, 5) is 12.5. The zero-order valence-electron chi connectivity index (χ0n) is 16.2. The van der Waals surface area contributed by atoms with E-state index >= 15 is 0 Å². The molecule has 4 rings (SSSR count). The van der Waals surface area contributed by atoms with Crippen LogP contribution in [0.5, 0.6) is 5.75 Å². The standard InChI is InChI=1S/C23H21ClN2O3/c1-14(15-6-5-7-16(24)10-15)25-13-23(27)26-19-12-21-18(11-22(19)28-2)17-8-3-4-9-20(17)29-21/h3-12,14,25H,13H2,1-2H3,(H,26,27)/t14-/m1/s1. The van der Waals surface area contributed by atoms with Crippen molar-refractivity contribution < 1.29 is 13.9 Å². The fraction of sp³-hybridized carbons (Fsp3) is 0.174. The third-order valence-electron chi connectivity index (χ3n) is 4.89. The first-order valence-electron chi connectivity index (χ1n) is 9.33. The topological polar surface area (TPSA) is 63.5 Å². The molecule has 0 saturated carbocycles. The first kappa shape index (κ1) is 19.3. The predicted molar refractivity (Wildman–Crippen MR) is 117 cm³/mol. The number of rotatable bonds is 6. The van der Waals surface area contributed by atoms with Crippen molar-refractivity contribution in [2.24, 2.45) is 0 Å². The van der Waals surface area contributed by atoms with Gasteiger partial charge in [-0.1, -0.05) is 41.9 Å². The van der Waals surface area contributed by atoms with E-state index < -0.39 is 0 Å². The quantitative estimate of drug-likeness (QED) is 0.440. The second kappa shape index (κ2) is 8.15. The summed E-state index contributed by atoms with van der Waals surface area (Å²) in [6.45, 7) is 2.13. The lowest BCUT2D eigenvalue weighted by atomic mass is 10.1. The molecule has 0 radical (unpaired) electrons. The lowest BCUT2D eigenvalue weighted by molar-refractivity contribution is -0.115. The number of hydrogen-bond donors (Lipinski definition) is 2. The van der Waals surface area contributed by atoms with Crippen LogP contribution in [0.2, 0.25) is 5.02 Å². The average Bonchev–Trinajstić information content (AvgIpc) is 3.08. The van der Waals surface area contributed by atoms with Crippen molar-refractivity contribution in [1.82, 2.24) is 5.32 Å². The van der Waals surface area contributed by atoms with Crippen LogP contribution in [0, 0.1) is 0 Å². The molecule has 1 aromatic heterocycles. The van der Waals surface area contributed by atoms with Crippen LogP contribution in [-0.4, -0.2) is 19.6 Å². The number of amides is 1. The monoisotopic (exact) mass is 408 g/mol. The summed E-state index contributed by atoms with van der Waals surface area (Å²) in [6, 6.07) is 19.1. The van der Waals surface area contributed by atoms with Gasteiger partial charge in [0.2, 0.25) is 5.91 Å². The predicted octanol–water partition coefficient (Wildman–Crippen LogP) is 5.54. The number of para-hydroxylation sites is 1. The third-order valence-corrected chi connectivity index (χ3v) is 5.13.